The van der Waals surface area contributed by atoms with Crippen molar-refractivity contribution in [2.75, 3.05) is 18.8 Å². The second-order valence-corrected chi connectivity index (χ2v) is 7.75. The van der Waals surface area contributed by atoms with Crippen LogP contribution >= 0.6 is 34.7 Å². The summed E-state index contributed by atoms with van der Waals surface area (Å²) in [7, 11) is 0. The number of thiophene rings is 1. The fraction of sp³-hybridized carbons (Fsp3) is 0.312. The van der Waals surface area contributed by atoms with Crippen LogP contribution in [0.25, 0.3) is 0 Å². The minimum atomic E-state index is -0.552. The highest BCUT2D eigenvalue weighted by atomic mass is 35.5. The second kappa shape index (κ2) is 7.02. The Kier molecular flexibility index (Phi) is 5.06. The molecule has 0 aliphatic carbocycles. The van der Waals surface area contributed by atoms with E-state index in [1.54, 1.807) is 22.3 Å². The Morgan fingerprint density at radius 2 is 2.14 bits per heavy atom. The maximum atomic E-state index is 13.9. The average Bonchev–Trinajstić information content (AvgIpc) is 2.91. The molecule has 1 atom stereocenters. The molecule has 0 radical (unpaired) electrons. The lowest BCUT2D eigenvalue weighted by molar-refractivity contribution is 0.0762. The molecule has 2 heterocycles. The molecule has 0 spiro atoms. The SMILES string of the molecule is O=C(c1c(F)cccc1Cl)N1CCS[C@@H](c2cccs2)CC1. The molecular formula is C16H15ClFNOS2. The number of carbonyl (C=O) groups is 1. The Hall–Kier alpha value is -1.04. The summed E-state index contributed by atoms with van der Waals surface area (Å²) in [6.45, 7) is 1.25. The van der Waals surface area contributed by atoms with E-state index in [9.17, 15) is 9.18 Å². The number of amides is 1. The van der Waals surface area contributed by atoms with Crippen LogP contribution in [-0.2, 0) is 0 Å². The van der Waals surface area contributed by atoms with Crippen LogP contribution in [0, 0.1) is 5.82 Å². The van der Waals surface area contributed by atoms with E-state index in [2.05, 4.69) is 11.4 Å². The van der Waals surface area contributed by atoms with Gasteiger partial charge < -0.3 is 4.90 Å². The second-order valence-electron chi connectivity index (χ2n) is 5.05. The van der Waals surface area contributed by atoms with Crippen molar-refractivity contribution in [3.05, 3.63) is 57.0 Å². The van der Waals surface area contributed by atoms with Crippen molar-refractivity contribution < 1.29 is 9.18 Å². The number of hydrogen-bond acceptors (Lipinski definition) is 3. The van der Waals surface area contributed by atoms with Crippen molar-refractivity contribution in [1.82, 2.24) is 4.90 Å². The number of carbonyl (C=O) groups excluding carboxylic acids is 1. The van der Waals surface area contributed by atoms with Crippen LogP contribution in [0.1, 0.15) is 26.9 Å². The summed E-state index contributed by atoms with van der Waals surface area (Å²) in [6.07, 6.45) is 0.878. The Balaban J connectivity index is 1.74. The molecule has 2 aromatic rings. The van der Waals surface area contributed by atoms with Gasteiger partial charge in [-0.25, -0.2) is 4.39 Å². The van der Waals surface area contributed by atoms with Crippen molar-refractivity contribution in [2.45, 2.75) is 11.7 Å². The van der Waals surface area contributed by atoms with E-state index in [0.717, 1.165) is 12.2 Å². The molecule has 0 bridgehead atoms. The van der Waals surface area contributed by atoms with Gasteiger partial charge in [0.1, 0.15) is 5.82 Å². The van der Waals surface area contributed by atoms with Crippen molar-refractivity contribution in [1.29, 1.82) is 0 Å². The van der Waals surface area contributed by atoms with Crippen molar-refractivity contribution in [3.63, 3.8) is 0 Å². The van der Waals surface area contributed by atoms with Crippen LogP contribution in [0.15, 0.2) is 35.7 Å². The predicted octanol–water partition coefficient (Wildman–Crippen LogP) is 4.86. The third kappa shape index (κ3) is 3.31. The monoisotopic (exact) mass is 355 g/mol. The Morgan fingerprint density at radius 1 is 1.27 bits per heavy atom. The third-order valence-electron chi connectivity index (χ3n) is 3.67. The van der Waals surface area contributed by atoms with Gasteiger partial charge in [0.25, 0.3) is 5.91 Å². The van der Waals surface area contributed by atoms with Gasteiger partial charge in [0.05, 0.1) is 10.6 Å². The molecule has 1 aromatic carbocycles. The summed E-state index contributed by atoms with van der Waals surface area (Å²) >= 11 is 9.60. The molecule has 2 nitrogen and oxygen atoms in total. The van der Waals surface area contributed by atoms with Gasteiger partial charge in [0.2, 0.25) is 0 Å². The van der Waals surface area contributed by atoms with E-state index in [4.69, 9.17) is 11.6 Å². The molecule has 1 aromatic heterocycles. The molecule has 0 unspecified atom stereocenters. The number of nitrogens with zero attached hydrogens (tertiary/aromatic N) is 1. The standard InChI is InChI=1S/C16H15ClFNOS2/c17-11-3-1-4-12(18)15(11)16(20)19-7-6-14(22-10-8-19)13-5-2-9-21-13/h1-5,9,14H,6-8,10H2/t14-/m1/s1. The molecule has 1 saturated heterocycles. The predicted molar refractivity (Wildman–Crippen MR) is 91.4 cm³/mol. The van der Waals surface area contributed by atoms with Crippen molar-refractivity contribution in [2.24, 2.45) is 0 Å². The lowest BCUT2D eigenvalue weighted by Crippen LogP contribution is -2.33. The van der Waals surface area contributed by atoms with Crippen molar-refractivity contribution in [3.8, 4) is 0 Å². The maximum absolute atomic E-state index is 13.9. The molecule has 1 aliphatic rings. The summed E-state index contributed by atoms with van der Waals surface area (Å²) in [6, 6.07) is 8.53. The van der Waals surface area contributed by atoms with E-state index >= 15 is 0 Å². The number of rotatable bonds is 2. The van der Waals surface area contributed by atoms with Gasteiger partial charge in [-0.05, 0) is 30.0 Å². The zero-order chi connectivity index (χ0) is 15.5. The van der Waals surface area contributed by atoms with Crippen LogP contribution in [-0.4, -0.2) is 29.6 Å². The molecule has 3 rings (SSSR count). The number of hydrogen-bond donors (Lipinski definition) is 0. The van der Waals surface area contributed by atoms with E-state index < -0.39 is 5.82 Å². The summed E-state index contributed by atoms with van der Waals surface area (Å²) in [4.78, 5) is 15.6. The highest BCUT2D eigenvalue weighted by molar-refractivity contribution is 7.99. The average molecular weight is 356 g/mol. The van der Waals surface area contributed by atoms with Gasteiger partial charge in [-0.1, -0.05) is 23.7 Å². The minimum absolute atomic E-state index is 0.0104. The Labute approximate surface area is 142 Å². The van der Waals surface area contributed by atoms with Gasteiger partial charge in [-0.2, -0.15) is 11.8 Å². The first-order valence-electron chi connectivity index (χ1n) is 7.05. The third-order valence-corrected chi connectivity index (χ3v) is 6.43. The van der Waals surface area contributed by atoms with E-state index in [-0.39, 0.29) is 16.5 Å². The van der Waals surface area contributed by atoms with Crippen LogP contribution in [0.3, 0.4) is 0 Å². The largest absolute Gasteiger partial charge is 0.338 e. The fourth-order valence-electron chi connectivity index (χ4n) is 2.54. The molecule has 116 valence electrons. The smallest absolute Gasteiger partial charge is 0.258 e. The lowest BCUT2D eigenvalue weighted by atomic mass is 10.1. The van der Waals surface area contributed by atoms with Crippen LogP contribution in [0.4, 0.5) is 4.39 Å². The molecule has 6 heteroatoms. The molecule has 0 saturated carbocycles. The lowest BCUT2D eigenvalue weighted by Gasteiger charge is -2.21. The van der Waals surface area contributed by atoms with E-state index in [0.29, 0.717) is 18.3 Å². The van der Waals surface area contributed by atoms with Gasteiger partial charge in [0.15, 0.2) is 0 Å². The molecule has 1 fully saturated rings. The molecular weight excluding hydrogens is 341 g/mol. The summed E-state index contributed by atoms with van der Waals surface area (Å²) in [5, 5.41) is 2.66. The van der Waals surface area contributed by atoms with Crippen LogP contribution in [0.5, 0.6) is 0 Å². The van der Waals surface area contributed by atoms with Gasteiger partial charge in [-0.15, -0.1) is 11.3 Å². The van der Waals surface area contributed by atoms with Gasteiger partial charge in [-0.3, -0.25) is 4.79 Å². The van der Waals surface area contributed by atoms with E-state index in [1.165, 1.54) is 17.0 Å². The summed E-state index contributed by atoms with van der Waals surface area (Å²) in [5.74, 6) is -0.0138. The summed E-state index contributed by atoms with van der Waals surface area (Å²) < 4.78 is 13.9. The number of halogens is 2. The Morgan fingerprint density at radius 3 is 2.86 bits per heavy atom. The fourth-order valence-corrected chi connectivity index (χ4v) is 5.02. The van der Waals surface area contributed by atoms with E-state index in [1.807, 2.05) is 17.8 Å². The van der Waals surface area contributed by atoms with Crippen LogP contribution < -0.4 is 0 Å². The zero-order valence-electron chi connectivity index (χ0n) is 11.8. The summed E-state index contributed by atoms with van der Waals surface area (Å²) in [5.41, 5.74) is -0.0104. The quantitative estimate of drug-likeness (QED) is 0.766. The highest BCUT2D eigenvalue weighted by Gasteiger charge is 2.26. The molecule has 1 amide bonds. The zero-order valence-corrected chi connectivity index (χ0v) is 14.2. The van der Waals surface area contributed by atoms with Gasteiger partial charge >= 0.3 is 0 Å². The number of thioether (sulfide) groups is 1. The molecule has 22 heavy (non-hydrogen) atoms. The van der Waals surface area contributed by atoms with Crippen molar-refractivity contribution >= 4 is 40.6 Å². The Bertz CT molecular complexity index is 642. The normalized spacial score (nSPS) is 19.0. The van der Waals surface area contributed by atoms with Crippen LogP contribution in [0.2, 0.25) is 5.02 Å². The molecule has 1 aliphatic heterocycles. The first kappa shape index (κ1) is 15.8. The maximum Gasteiger partial charge on any atom is 0.258 e. The first-order valence-corrected chi connectivity index (χ1v) is 9.36. The topological polar surface area (TPSA) is 20.3 Å². The molecule has 0 N–H and O–H groups in total. The first-order chi connectivity index (χ1) is 10.7. The highest BCUT2D eigenvalue weighted by Crippen LogP contribution is 2.37. The van der Waals surface area contributed by atoms with Gasteiger partial charge in [0, 0.05) is 29.0 Å². The minimum Gasteiger partial charge on any atom is -0.338 e. The number of benzene rings is 1.